The van der Waals surface area contributed by atoms with Gasteiger partial charge in [0, 0.05) is 4.43 Å². The largest absolute Gasteiger partial charge is 0.497 e. The maximum atomic E-state index is 13.0. The molecule has 4 aromatic rings. The van der Waals surface area contributed by atoms with Crippen molar-refractivity contribution in [1.82, 2.24) is 0 Å². The van der Waals surface area contributed by atoms with Crippen molar-refractivity contribution in [1.29, 1.82) is 0 Å². The summed E-state index contributed by atoms with van der Waals surface area (Å²) in [5.74, 6) is 0.727. The van der Waals surface area contributed by atoms with Gasteiger partial charge in [-0.2, -0.15) is 13.2 Å². The zero-order valence-corrected chi connectivity index (χ0v) is 21.9. The van der Waals surface area contributed by atoms with Crippen molar-refractivity contribution >= 4 is 44.1 Å². The van der Waals surface area contributed by atoms with Gasteiger partial charge >= 0.3 is 6.18 Å². The molecule has 1 aliphatic heterocycles. The summed E-state index contributed by atoms with van der Waals surface area (Å²) in [5, 5.41) is 4.70. The first-order valence-corrected chi connectivity index (χ1v) is 13.6. The number of alkyl halides is 4. The van der Waals surface area contributed by atoms with E-state index in [0.717, 1.165) is 47.3 Å². The van der Waals surface area contributed by atoms with Crippen molar-refractivity contribution in [3.05, 3.63) is 108 Å². The molecule has 0 spiro atoms. The lowest BCUT2D eigenvalue weighted by molar-refractivity contribution is -0.137. The van der Waals surface area contributed by atoms with Crippen LogP contribution in [0.5, 0.6) is 0 Å². The molecule has 6 rings (SSSR count). The number of fused-ring (bicyclic) bond motifs is 5. The number of allylic oxidation sites excluding steroid dienone is 2. The molecule has 1 heterocycles. The van der Waals surface area contributed by atoms with E-state index in [9.17, 15) is 13.2 Å². The second-order valence-electron chi connectivity index (χ2n) is 9.20. The van der Waals surface area contributed by atoms with Crippen LogP contribution in [-0.2, 0) is 23.8 Å². The van der Waals surface area contributed by atoms with Crippen LogP contribution in [0.1, 0.15) is 23.1 Å². The third-order valence-electron chi connectivity index (χ3n) is 6.92. The van der Waals surface area contributed by atoms with E-state index in [-0.39, 0.29) is 0 Å². The minimum Gasteiger partial charge on any atom is -0.497 e. The van der Waals surface area contributed by atoms with Gasteiger partial charge in [-0.25, -0.2) is 0 Å². The molecule has 5 heteroatoms. The fourth-order valence-corrected chi connectivity index (χ4v) is 5.84. The maximum absolute atomic E-state index is 13.0. The highest BCUT2D eigenvalue weighted by atomic mass is 127. The normalized spacial score (nSPS) is 16.8. The van der Waals surface area contributed by atoms with Gasteiger partial charge in [-0.05, 0) is 99.3 Å². The lowest BCUT2D eigenvalue weighted by Crippen LogP contribution is -2.15. The standard InChI is InChI=1S/C26H20F3I.C5H6O/c27-26(28,29)19-9-6-17(7-10-19)24-14-25-20-11-5-16(15-30)13-18(20)8-12-23(25)21-3-1-2-4-22(21)24;1-2-4-6-5-3-1/h1-4,6-10,12,14,16H,5,11,13,15H2;1-4H,5H2. The van der Waals surface area contributed by atoms with Crippen LogP contribution in [0.4, 0.5) is 13.2 Å². The summed E-state index contributed by atoms with van der Waals surface area (Å²) in [6, 6.07) is 20.5. The van der Waals surface area contributed by atoms with Crippen molar-refractivity contribution in [2.75, 3.05) is 11.0 Å². The molecule has 0 bridgehead atoms. The van der Waals surface area contributed by atoms with Gasteiger partial charge in [0.05, 0.1) is 11.8 Å². The van der Waals surface area contributed by atoms with E-state index in [1.807, 2.05) is 30.4 Å². The molecule has 1 aliphatic carbocycles. The predicted molar refractivity (Wildman–Crippen MR) is 151 cm³/mol. The Bertz CT molecular complexity index is 1420. The molecular weight excluding hydrogens is 572 g/mol. The Labute approximate surface area is 222 Å². The first-order chi connectivity index (χ1) is 17.5. The highest BCUT2D eigenvalue weighted by Gasteiger charge is 2.30. The molecule has 1 atom stereocenters. The lowest BCUT2D eigenvalue weighted by atomic mass is 9.81. The van der Waals surface area contributed by atoms with Crippen LogP contribution in [0.3, 0.4) is 0 Å². The summed E-state index contributed by atoms with van der Waals surface area (Å²) in [6.45, 7) is 0.733. The van der Waals surface area contributed by atoms with Crippen LogP contribution in [0.15, 0.2) is 91.2 Å². The van der Waals surface area contributed by atoms with Gasteiger partial charge in [0.2, 0.25) is 0 Å². The lowest BCUT2D eigenvalue weighted by Gasteiger charge is -2.25. The molecule has 0 amide bonds. The van der Waals surface area contributed by atoms with E-state index in [1.54, 1.807) is 18.4 Å². The minimum atomic E-state index is -4.32. The Morgan fingerprint density at radius 3 is 2.22 bits per heavy atom. The monoisotopic (exact) mass is 598 g/mol. The molecule has 36 heavy (non-hydrogen) atoms. The van der Waals surface area contributed by atoms with E-state index in [0.29, 0.717) is 0 Å². The number of aryl methyl sites for hydroxylation is 1. The average Bonchev–Trinajstić information content (AvgIpc) is 2.93. The molecule has 4 aromatic carbocycles. The molecule has 0 fully saturated rings. The van der Waals surface area contributed by atoms with Crippen LogP contribution in [0, 0.1) is 5.92 Å². The molecule has 184 valence electrons. The van der Waals surface area contributed by atoms with Gasteiger partial charge in [-0.15, -0.1) is 0 Å². The van der Waals surface area contributed by atoms with E-state index in [4.69, 9.17) is 4.74 Å². The van der Waals surface area contributed by atoms with Crippen molar-refractivity contribution in [2.24, 2.45) is 5.92 Å². The molecule has 1 nitrogen and oxygen atoms in total. The van der Waals surface area contributed by atoms with E-state index in [2.05, 4.69) is 52.9 Å². The number of hydrogen-bond donors (Lipinski definition) is 0. The molecule has 0 saturated carbocycles. The zero-order valence-electron chi connectivity index (χ0n) is 19.7. The van der Waals surface area contributed by atoms with Crippen LogP contribution in [0.2, 0.25) is 0 Å². The first-order valence-electron chi connectivity index (χ1n) is 12.1. The van der Waals surface area contributed by atoms with E-state index in [1.165, 1.54) is 44.9 Å². The number of hydrogen-bond acceptors (Lipinski definition) is 1. The van der Waals surface area contributed by atoms with Gasteiger partial charge in [-0.3, -0.25) is 0 Å². The molecule has 0 N–H and O–H groups in total. The highest BCUT2D eigenvalue weighted by molar-refractivity contribution is 14.1. The van der Waals surface area contributed by atoms with Crippen LogP contribution < -0.4 is 0 Å². The van der Waals surface area contributed by atoms with Gasteiger partial charge in [-0.1, -0.05) is 77.2 Å². The zero-order chi connectivity index (χ0) is 25.1. The van der Waals surface area contributed by atoms with E-state index < -0.39 is 11.7 Å². The third kappa shape index (κ3) is 5.17. The summed E-state index contributed by atoms with van der Waals surface area (Å²) in [5.41, 5.74) is 4.03. The summed E-state index contributed by atoms with van der Waals surface area (Å²) < 4.78 is 45.1. The van der Waals surface area contributed by atoms with Gasteiger partial charge in [0.25, 0.3) is 0 Å². The summed E-state index contributed by atoms with van der Waals surface area (Å²) in [7, 11) is 0. The SMILES string of the molecule is C1=CCOC=C1.FC(F)(F)c1ccc(-c2cc3c4c(ccc3c3ccccc23)CC(CI)CC4)cc1. The predicted octanol–water partition coefficient (Wildman–Crippen LogP) is 9.31. The second-order valence-corrected chi connectivity index (χ2v) is 10.1. The molecule has 2 aliphatic rings. The van der Waals surface area contributed by atoms with Crippen molar-refractivity contribution in [3.8, 4) is 11.1 Å². The smallest absolute Gasteiger partial charge is 0.416 e. The van der Waals surface area contributed by atoms with Crippen molar-refractivity contribution in [2.45, 2.75) is 25.4 Å². The van der Waals surface area contributed by atoms with Gasteiger partial charge < -0.3 is 4.74 Å². The fourth-order valence-electron chi connectivity index (χ4n) is 5.09. The Kier molecular flexibility index (Phi) is 7.37. The van der Waals surface area contributed by atoms with E-state index >= 15 is 0 Å². The topological polar surface area (TPSA) is 9.23 Å². The number of rotatable bonds is 2. The summed E-state index contributed by atoms with van der Waals surface area (Å²) in [4.78, 5) is 0. The van der Waals surface area contributed by atoms with Gasteiger partial charge in [0.15, 0.2) is 0 Å². The van der Waals surface area contributed by atoms with Crippen LogP contribution in [0.25, 0.3) is 32.7 Å². The molecular formula is C31H26F3IO. The Morgan fingerprint density at radius 2 is 1.61 bits per heavy atom. The Balaban J connectivity index is 0.000000391. The minimum absolute atomic E-state index is 0.612. The molecule has 0 aromatic heterocycles. The third-order valence-corrected chi connectivity index (χ3v) is 8.16. The highest BCUT2D eigenvalue weighted by Crippen LogP contribution is 2.40. The maximum Gasteiger partial charge on any atom is 0.416 e. The van der Waals surface area contributed by atoms with Crippen LogP contribution >= 0.6 is 22.6 Å². The Morgan fingerprint density at radius 1 is 0.861 bits per heavy atom. The van der Waals surface area contributed by atoms with Crippen LogP contribution in [-0.4, -0.2) is 11.0 Å². The molecule has 0 radical (unpaired) electrons. The van der Waals surface area contributed by atoms with Crippen molar-refractivity contribution < 1.29 is 17.9 Å². The Hall–Kier alpha value is -2.80. The first kappa shape index (κ1) is 24.9. The average molecular weight is 598 g/mol. The summed E-state index contributed by atoms with van der Waals surface area (Å²) in [6.07, 6.45) is 6.50. The molecule has 1 unspecified atom stereocenters. The van der Waals surface area contributed by atoms with Gasteiger partial charge in [0.1, 0.15) is 6.61 Å². The number of ether oxygens (including phenoxy) is 1. The van der Waals surface area contributed by atoms with Crippen molar-refractivity contribution in [3.63, 3.8) is 0 Å². The fraction of sp³-hybridized carbons (Fsp3) is 0.226. The summed E-state index contributed by atoms with van der Waals surface area (Å²) >= 11 is 2.48. The molecule has 0 saturated heterocycles. The number of benzene rings is 4. The number of halogens is 4. The second kappa shape index (κ2) is 10.7. The quantitative estimate of drug-likeness (QED) is 0.127.